The van der Waals surface area contributed by atoms with Gasteiger partial charge in [0.25, 0.3) is 0 Å². The average molecular weight is 497 g/mol. The standard InChI is InChI=1S/C26H29BrN2O3/c1-3-31-23-14-13-20(15-24(23)32-4-2)25-21-7-5-6-8-22(21)26(30)29(28-25)17-19-11-9-18(16-27)10-12-19/h5-6,9-15,21-22H,3-4,7-8,16-17H2,1-2H3/t21-,22+/m0/s1. The Morgan fingerprint density at radius 2 is 1.59 bits per heavy atom. The van der Waals surface area contributed by atoms with Gasteiger partial charge in [0.05, 0.1) is 31.4 Å². The first kappa shape index (κ1) is 22.6. The number of nitrogens with zero attached hydrogens (tertiary/aromatic N) is 2. The number of amides is 1. The second kappa shape index (κ2) is 10.3. The van der Waals surface area contributed by atoms with Crippen molar-refractivity contribution in [3.63, 3.8) is 0 Å². The van der Waals surface area contributed by atoms with Crippen LogP contribution >= 0.6 is 15.9 Å². The number of carbonyl (C=O) groups is 1. The quantitative estimate of drug-likeness (QED) is 0.347. The van der Waals surface area contributed by atoms with E-state index in [1.165, 1.54) is 5.56 Å². The zero-order chi connectivity index (χ0) is 22.5. The highest BCUT2D eigenvalue weighted by Gasteiger charge is 2.40. The molecule has 168 valence electrons. The van der Waals surface area contributed by atoms with Crippen LogP contribution in [0.4, 0.5) is 0 Å². The number of fused-ring (bicyclic) bond motifs is 1. The molecule has 1 amide bonds. The van der Waals surface area contributed by atoms with Crippen LogP contribution < -0.4 is 9.47 Å². The monoisotopic (exact) mass is 496 g/mol. The van der Waals surface area contributed by atoms with E-state index >= 15 is 0 Å². The SMILES string of the molecule is CCOc1ccc(C2=NN(Cc3ccc(CBr)cc3)C(=O)[C@@H]3CC=CC[C@H]23)cc1OCC. The van der Waals surface area contributed by atoms with E-state index in [4.69, 9.17) is 14.6 Å². The van der Waals surface area contributed by atoms with E-state index in [-0.39, 0.29) is 17.7 Å². The first-order chi connectivity index (χ1) is 15.6. The number of ether oxygens (including phenoxy) is 2. The zero-order valence-corrected chi connectivity index (χ0v) is 20.2. The molecule has 2 aliphatic rings. The fraction of sp³-hybridized carbons (Fsp3) is 0.385. The van der Waals surface area contributed by atoms with Crippen LogP contribution in [0.2, 0.25) is 0 Å². The van der Waals surface area contributed by atoms with Crippen molar-refractivity contribution in [3.8, 4) is 11.5 Å². The maximum absolute atomic E-state index is 13.3. The number of hydrogen-bond donors (Lipinski definition) is 0. The second-order valence-corrected chi connectivity index (χ2v) is 8.58. The van der Waals surface area contributed by atoms with Gasteiger partial charge in [-0.15, -0.1) is 0 Å². The molecule has 0 saturated carbocycles. The first-order valence-corrected chi connectivity index (χ1v) is 12.3. The van der Waals surface area contributed by atoms with Crippen molar-refractivity contribution in [3.05, 3.63) is 71.3 Å². The van der Waals surface area contributed by atoms with Crippen LogP contribution in [-0.2, 0) is 16.7 Å². The molecule has 5 nitrogen and oxygen atoms in total. The summed E-state index contributed by atoms with van der Waals surface area (Å²) in [6.07, 6.45) is 5.85. The smallest absolute Gasteiger partial charge is 0.247 e. The van der Waals surface area contributed by atoms with Gasteiger partial charge in [-0.25, -0.2) is 5.01 Å². The summed E-state index contributed by atoms with van der Waals surface area (Å²) >= 11 is 3.48. The molecule has 0 spiro atoms. The number of hydrazone groups is 1. The Hall–Kier alpha value is -2.60. The van der Waals surface area contributed by atoms with E-state index < -0.39 is 0 Å². The van der Waals surface area contributed by atoms with Crippen molar-refractivity contribution >= 4 is 27.5 Å². The molecule has 1 aliphatic heterocycles. The van der Waals surface area contributed by atoms with Gasteiger partial charge in [-0.1, -0.05) is 52.3 Å². The first-order valence-electron chi connectivity index (χ1n) is 11.2. The fourth-order valence-electron chi connectivity index (χ4n) is 4.34. The maximum Gasteiger partial charge on any atom is 0.247 e. The van der Waals surface area contributed by atoms with Gasteiger partial charge in [-0.05, 0) is 56.0 Å². The van der Waals surface area contributed by atoms with E-state index in [0.29, 0.717) is 25.5 Å². The van der Waals surface area contributed by atoms with Crippen LogP contribution in [0.15, 0.2) is 59.7 Å². The van der Waals surface area contributed by atoms with Gasteiger partial charge in [0.15, 0.2) is 11.5 Å². The summed E-state index contributed by atoms with van der Waals surface area (Å²) < 4.78 is 11.6. The summed E-state index contributed by atoms with van der Waals surface area (Å²) in [4.78, 5) is 13.3. The number of halogens is 1. The highest BCUT2D eigenvalue weighted by atomic mass is 79.9. The van der Waals surface area contributed by atoms with Crippen molar-refractivity contribution in [2.75, 3.05) is 13.2 Å². The van der Waals surface area contributed by atoms with Gasteiger partial charge in [0.2, 0.25) is 5.91 Å². The van der Waals surface area contributed by atoms with Crippen molar-refractivity contribution < 1.29 is 14.3 Å². The molecule has 2 aromatic rings. The molecular weight excluding hydrogens is 468 g/mol. The lowest BCUT2D eigenvalue weighted by atomic mass is 9.76. The minimum Gasteiger partial charge on any atom is -0.490 e. The third-order valence-electron chi connectivity index (χ3n) is 5.93. The average Bonchev–Trinajstić information content (AvgIpc) is 2.83. The van der Waals surface area contributed by atoms with Crippen molar-refractivity contribution in [1.29, 1.82) is 0 Å². The molecule has 0 unspecified atom stereocenters. The summed E-state index contributed by atoms with van der Waals surface area (Å²) in [5.41, 5.74) is 4.20. The maximum atomic E-state index is 13.3. The van der Waals surface area contributed by atoms with Gasteiger partial charge in [-0.3, -0.25) is 4.79 Å². The van der Waals surface area contributed by atoms with E-state index in [1.807, 2.05) is 32.0 Å². The Morgan fingerprint density at radius 1 is 0.938 bits per heavy atom. The summed E-state index contributed by atoms with van der Waals surface area (Å²) in [5.74, 6) is 1.53. The summed E-state index contributed by atoms with van der Waals surface area (Å²) in [6, 6.07) is 14.3. The zero-order valence-electron chi connectivity index (χ0n) is 18.6. The van der Waals surface area contributed by atoms with Crippen molar-refractivity contribution in [2.24, 2.45) is 16.9 Å². The number of alkyl halides is 1. The number of allylic oxidation sites excluding steroid dienone is 2. The van der Waals surface area contributed by atoms with Crippen LogP contribution in [0.5, 0.6) is 11.5 Å². The van der Waals surface area contributed by atoms with E-state index in [2.05, 4.69) is 52.3 Å². The molecule has 32 heavy (non-hydrogen) atoms. The second-order valence-electron chi connectivity index (χ2n) is 8.01. The van der Waals surface area contributed by atoms with Crippen molar-refractivity contribution in [2.45, 2.75) is 38.6 Å². The topological polar surface area (TPSA) is 51.1 Å². The Labute approximate surface area is 198 Å². The minimum atomic E-state index is -0.0866. The molecule has 0 N–H and O–H groups in total. The summed E-state index contributed by atoms with van der Waals surface area (Å²) in [7, 11) is 0. The summed E-state index contributed by atoms with van der Waals surface area (Å²) in [6.45, 7) is 5.52. The Morgan fingerprint density at radius 3 is 2.28 bits per heavy atom. The lowest BCUT2D eigenvalue weighted by Crippen LogP contribution is -2.45. The molecule has 0 radical (unpaired) electrons. The number of benzene rings is 2. The molecule has 2 aromatic carbocycles. The van der Waals surface area contributed by atoms with Crippen LogP contribution in [0.3, 0.4) is 0 Å². The predicted octanol–water partition coefficient (Wildman–Crippen LogP) is 5.71. The fourth-order valence-corrected chi connectivity index (χ4v) is 4.71. The third kappa shape index (κ3) is 4.75. The highest BCUT2D eigenvalue weighted by molar-refractivity contribution is 9.08. The molecule has 0 saturated heterocycles. The van der Waals surface area contributed by atoms with Gasteiger partial charge < -0.3 is 9.47 Å². The van der Waals surface area contributed by atoms with Crippen LogP contribution in [-0.4, -0.2) is 29.8 Å². The van der Waals surface area contributed by atoms with Crippen molar-refractivity contribution in [1.82, 2.24) is 5.01 Å². The Kier molecular flexibility index (Phi) is 7.30. The largest absolute Gasteiger partial charge is 0.490 e. The number of hydrogen-bond acceptors (Lipinski definition) is 4. The lowest BCUT2D eigenvalue weighted by molar-refractivity contribution is -0.138. The number of carbonyl (C=O) groups excluding carboxylic acids is 1. The molecule has 4 rings (SSSR count). The van der Waals surface area contributed by atoms with Gasteiger partial charge in [0.1, 0.15) is 0 Å². The van der Waals surface area contributed by atoms with E-state index in [9.17, 15) is 4.79 Å². The lowest BCUT2D eigenvalue weighted by Gasteiger charge is -2.37. The third-order valence-corrected chi connectivity index (χ3v) is 6.58. The van der Waals surface area contributed by atoms with Gasteiger partial charge in [0, 0.05) is 16.8 Å². The van der Waals surface area contributed by atoms with Crippen LogP contribution in [0.25, 0.3) is 0 Å². The highest BCUT2D eigenvalue weighted by Crippen LogP contribution is 2.37. The molecule has 2 atom stereocenters. The number of rotatable bonds is 8. The molecular formula is C26H29BrN2O3. The normalized spacial score (nSPS) is 20.0. The van der Waals surface area contributed by atoms with E-state index in [1.54, 1.807) is 5.01 Å². The molecule has 0 fully saturated rings. The molecule has 6 heteroatoms. The van der Waals surface area contributed by atoms with Crippen LogP contribution in [0, 0.1) is 11.8 Å². The molecule has 0 aromatic heterocycles. The molecule has 1 heterocycles. The Bertz CT molecular complexity index is 1020. The van der Waals surface area contributed by atoms with Gasteiger partial charge >= 0.3 is 0 Å². The minimum absolute atomic E-state index is 0.0759. The summed E-state index contributed by atoms with van der Waals surface area (Å²) in [5, 5.41) is 7.36. The van der Waals surface area contributed by atoms with E-state index in [0.717, 1.165) is 40.8 Å². The molecule has 0 bridgehead atoms. The Balaban J connectivity index is 1.70. The molecule has 1 aliphatic carbocycles. The predicted molar refractivity (Wildman–Crippen MR) is 130 cm³/mol. The van der Waals surface area contributed by atoms with Gasteiger partial charge in [-0.2, -0.15) is 5.10 Å². The van der Waals surface area contributed by atoms with Crippen LogP contribution in [0.1, 0.15) is 43.4 Å².